The molecule has 0 unspecified atom stereocenters. The van der Waals surface area contributed by atoms with Gasteiger partial charge in [0.1, 0.15) is 6.66 Å². The highest BCUT2D eigenvalue weighted by molar-refractivity contribution is 7.82. The lowest BCUT2D eigenvalue weighted by Crippen LogP contribution is -2.10. The third-order valence-corrected chi connectivity index (χ3v) is 3.81. The average Bonchev–Trinajstić information content (AvgIpc) is 2.04. The quantitative estimate of drug-likeness (QED) is 0.477. The molecule has 3 nitrogen and oxygen atoms in total. The van der Waals surface area contributed by atoms with Crippen LogP contribution in [-0.2, 0) is 13.8 Å². The summed E-state index contributed by atoms with van der Waals surface area (Å²) in [6.07, 6.45) is 1.26. The van der Waals surface area contributed by atoms with E-state index < -0.39 is 7.72 Å². The van der Waals surface area contributed by atoms with Gasteiger partial charge in [0.05, 0.1) is 13.2 Å². The van der Waals surface area contributed by atoms with Crippen LogP contribution >= 0.6 is 7.72 Å². The maximum absolute atomic E-state index is 11.3. The van der Waals surface area contributed by atoms with Crippen LogP contribution in [0.2, 0.25) is 0 Å². The van der Waals surface area contributed by atoms with Crippen molar-refractivity contribution in [3.63, 3.8) is 0 Å². The Hall–Kier alpha value is -0.240. The first kappa shape index (κ1) is 11.8. The molecule has 0 aromatic rings. The summed E-state index contributed by atoms with van der Waals surface area (Å²) >= 11 is 0. The van der Waals surface area contributed by atoms with Crippen LogP contribution in [0.4, 0.5) is 0 Å². The number of hydrogen-bond donors (Lipinski definition) is 0. The molecule has 0 aromatic carbocycles. The second kappa shape index (κ2) is 5.41. The predicted molar refractivity (Wildman–Crippen MR) is 51.3 cm³/mol. The van der Waals surface area contributed by atoms with Crippen LogP contribution in [0, 0.1) is 0 Å². The van der Waals surface area contributed by atoms with Crippen LogP contribution < -0.4 is 0 Å². The molecule has 70 valence electrons. The summed E-state index contributed by atoms with van der Waals surface area (Å²) in [6, 6.07) is 0. The van der Waals surface area contributed by atoms with Gasteiger partial charge in [-0.25, -0.2) is 4.79 Å². The summed E-state index contributed by atoms with van der Waals surface area (Å²) in [4.78, 5) is 11.3. The number of hydrogen-bond acceptors (Lipinski definition) is 3. The highest BCUT2D eigenvalue weighted by atomic mass is 31.2. The van der Waals surface area contributed by atoms with E-state index in [9.17, 15) is 4.79 Å². The van der Waals surface area contributed by atoms with Gasteiger partial charge in [-0.15, -0.1) is 0 Å². The Labute approximate surface area is 74.3 Å². The number of allylic oxidation sites excluding steroid dienone is 1. The second-order valence-electron chi connectivity index (χ2n) is 2.22. The molecule has 0 N–H and O–H groups in total. The second-order valence-corrected chi connectivity index (χ2v) is 4.87. The van der Waals surface area contributed by atoms with Crippen LogP contribution in [0.25, 0.3) is 0 Å². The minimum absolute atomic E-state index is 0.133. The van der Waals surface area contributed by atoms with Crippen LogP contribution in [0.15, 0.2) is 12.7 Å². The molecule has 0 aliphatic rings. The fraction of sp³-hybridized carbons (Fsp3) is 0.625. The van der Waals surface area contributed by atoms with Gasteiger partial charge in [-0.3, -0.25) is 0 Å². The normalized spacial score (nSPS) is 11.2. The van der Waals surface area contributed by atoms with Crippen molar-refractivity contribution < 1.29 is 13.8 Å². The molecule has 0 saturated heterocycles. The van der Waals surface area contributed by atoms with Crippen molar-refractivity contribution in [2.45, 2.75) is 13.8 Å². The summed E-state index contributed by atoms with van der Waals surface area (Å²) in [5, 5.41) is 0. The van der Waals surface area contributed by atoms with Gasteiger partial charge in [-0.2, -0.15) is 9.05 Å². The molecular weight excluding hydrogens is 175 g/mol. The van der Waals surface area contributed by atoms with Crippen molar-refractivity contribution in [1.29, 1.82) is 0 Å². The van der Waals surface area contributed by atoms with Gasteiger partial charge in [0.25, 0.3) is 0 Å². The Kier molecular flexibility index (Phi) is 5.31. The van der Waals surface area contributed by atoms with Crippen LogP contribution in [0.5, 0.6) is 0 Å². The van der Waals surface area contributed by atoms with E-state index in [1.165, 1.54) is 6.08 Å². The van der Waals surface area contributed by atoms with Crippen LogP contribution in [0.1, 0.15) is 13.8 Å². The Bertz CT molecular complexity index is 162. The maximum atomic E-state index is 11.3. The lowest BCUT2D eigenvalue weighted by molar-refractivity contribution is -0.109. The standard InChI is InChI=1S/C8H16O3P/c1-5-8(9)12(4,10-6-2)11-7-3/h5H,1,6-7H2,2-4H3/q+1. The summed E-state index contributed by atoms with van der Waals surface area (Å²) in [7, 11) is -2.32. The van der Waals surface area contributed by atoms with Gasteiger partial charge in [-0.1, -0.05) is 6.58 Å². The third-order valence-electron chi connectivity index (χ3n) is 1.33. The molecule has 0 amide bonds. The zero-order chi connectivity index (χ0) is 9.61. The van der Waals surface area contributed by atoms with Crippen molar-refractivity contribution in [2.24, 2.45) is 0 Å². The highest BCUT2D eigenvalue weighted by Crippen LogP contribution is 2.58. The molecule has 12 heavy (non-hydrogen) atoms. The van der Waals surface area contributed by atoms with E-state index >= 15 is 0 Å². The van der Waals surface area contributed by atoms with Crippen molar-refractivity contribution in [2.75, 3.05) is 19.9 Å². The fourth-order valence-electron chi connectivity index (χ4n) is 0.823. The van der Waals surface area contributed by atoms with Gasteiger partial charge in [-0.05, 0) is 13.8 Å². The molecule has 4 heteroatoms. The Morgan fingerprint density at radius 3 is 2.08 bits per heavy atom. The molecule has 0 rings (SSSR count). The lowest BCUT2D eigenvalue weighted by atomic mass is 10.7. The highest BCUT2D eigenvalue weighted by Gasteiger charge is 2.43. The third kappa shape index (κ3) is 3.02. The summed E-state index contributed by atoms with van der Waals surface area (Å²) < 4.78 is 10.6. The van der Waals surface area contributed by atoms with E-state index in [1.54, 1.807) is 6.66 Å². The van der Waals surface area contributed by atoms with E-state index in [1.807, 2.05) is 13.8 Å². The predicted octanol–water partition coefficient (Wildman–Crippen LogP) is 2.25. The van der Waals surface area contributed by atoms with Crippen molar-refractivity contribution >= 4 is 13.2 Å². The fourth-order valence-corrected chi connectivity index (χ4v) is 2.47. The molecule has 0 radical (unpaired) electrons. The Morgan fingerprint density at radius 2 is 1.83 bits per heavy atom. The van der Waals surface area contributed by atoms with Crippen LogP contribution in [-0.4, -0.2) is 25.4 Å². The summed E-state index contributed by atoms with van der Waals surface area (Å²) in [5.74, 6) is 0. The zero-order valence-electron chi connectivity index (χ0n) is 7.87. The first-order chi connectivity index (χ1) is 5.60. The smallest absolute Gasteiger partial charge is 0.242 e. The molecule has 0 fully saturated rings. The Morgan fingerprint density at radius 1 is 1.42 bits per heavy atom. The first-order valence-electron chi connectivity index (χ1n) is 3.93. The molecule has 0 atom stereocenters. The minimum Gasteiger partial charge on any atom is -0.242 e. The lowest BCUT2D eigenvalue weighted by Gasteiger charge is -2.14. The molecule has 0 bridgehead atoms. The first-order valence-corrected chi connectivity index (χ1v) is 6.00. The van der Waals surface area contributed by atoms with E-state index in [0.717, 1.165) is 0 Å². The molecule has 0 aliphatic carbocycles. The largest absolute Gasteiger partial charge is 0.349 e. The van der Waals surface area contributed by atoms with Gasteiger partial charge in [0.15, 0.2) is 0 Å². The van der Waals surface area contributed by atoms with Gasteiger partial charge < -0.3 is 0 Å². The topological polar surface area (TPSA) is 35.5 Å². The molecule has 0 saturated carbocycles. The number of carbonyl (C=O) groups is 1. The van der Waals surface area contributed by atoms with Gasteiger partial charge in [0.2, 0.25) is 0 Å². The monoisotopic (exact) mass is 191 g/mol. The molecule has 0 spiro atoms. The number of rotatable bonds is 6. The van der Waals surface area contributed by atoms with Crippen molar-refractivity contribution in [1.82, 2.24) is 0 Å². The van der Waals surface area contributed by atoms with Gasteiger partial charge in [0, 0.05) is 6.08 Å². The summed E-state index contributed by atoms with van der Waals surface area (Å²) in [6.45, 7) is 9.78. The average molecular weight is 191 g/mol. The SMILES string of the molecule is C=CC(=O)[P+](C)(OCC)OCC. The molecular formula is C8H16O3P+. The molecule has 0 heterocycles. The zero-order valence-corrected chi connectivity index (χ0v) is 8.77. The molecule has 0 aromatic heterocycles. The van der Waals surface area contributed by atoms with E-state index in [0.29, 0.717) is 13.2 Å². The minimum atomic E-state index is -2.32. The van der Waals surface area contributed by atoms with Crippen LogP contribution in [0.3, 0.4) is 0 Å². The maximum Gasteiger partial charge on any atom is 0.349 e. The van der Waals surface area contributed by atoms with Gasteiger partial charge >= 0.3 is 13.2 Å². The van der Waals surface area contributed by atoms with Crippen molar-refractivity contribution in [3.8, 4) is 0 Å². The Balaban J connectivity index is 4.36. The molecule has 0 aliphatic heterocycles. The summed E-state index contributed by atoms with van der Waals surface area (Å²) in [5.41, 5.74) is -0.133. The van der Waals surface area contributed by atoms with Crippen molar-refractivity contribution in [3.05, 3.63) is 12.7 Å². The van der Waals surface area contributed by atoms with E-state index in [4.69, 9.17) is 9.05 Å². The van der Waals surface area contributed by atoms with E-state index in [2.05, 4.69) is 6.58 Å². The number of carbonyl (C=O) groups excluding carboxylic acids is 1. The van der Waals surface area contributed by atoms with E-state index in [-0.39, 0.29) is 5.52 Å².